The van der Waals surface area contributed by atoms with Crippen LogP contribution < -0.4 is 0 Å². The Morgan fingerprint density at radius 3 is 2.04 bits per heavy atom. The van der Waals surface area contributed by atoms with Gasteiger partial charge < -0.3 is 14.6 Å². The third-order valence-electron chi connectivity index (χ3n) is 4.86. The number of rotatable bonds is 4. The summed E-state index contributed by atoms with van der Waals surface area (Å²) in [6, 6.07) is 8.77. The van der Waals surface area contributed by atoms with Gasteiger partial charge in [0.15, 0.2) is 0 Å². The Bertz CT molecular complexity index is 971. The van der Waals surface area contributed by atoms with E-state index in [9.17, 15) is 18.0 Å². The number of carbonyl (C=O) groups excluding carboxylic acids is 1. The number of carbonyl (C=O) groups is 2. The van der Waals surface area contributed by atoms with Crippen LogP contribution in [0.1, 0.15) is 26.5 Å². The number of aromatic carboxylic acids is 1. The van der Waals surface area contributed by atoms with Gasteiger partial charge in [-0.3, -0.25) is 4.79 Å². The van der Waals surface area contributed by atoms with E-state index in [1.807, 2.05) is 24.6 Å². The highest BCUT2D eigenvalue weighted by Crippen LogP contribution is 2.19. The zero-order valence-corrected chi connectivity index (χ0v) is 15.9. The van der Waals surface area contributed by atoms with E-state index < -0.39 is 16.0 Å². The molecule has 1 aliphatic heterocycles. The van der Waals surface area contributed by atoms with E-state index in [1.54, 1.807) is 11.0 Å². The molecule has 0 aliphatic carbocycles. The van der Waals surface area contributed by atoms with Crippen molar-refractivity contribution in [3.63, 3.8) is 0 Å². The zero-order valence-electron chi connectivity index (χ0n) is 15.1. The molecule has 144 valence electrons. The second-order valence-corrected chi connectivity index (χ2v) is 8.38. The molecule has 9 heteroatoms. The van der Waals surface area contributed by atoms with Crippen molar-refractivity contribution in [3.05, 3.63) is 53.3 Å². The van der Waals surface area contributed by atoms with Crippen LogP contribution in [0.2, 0.25) is 0 Å². The van der Waals surface area contributed by atoms with E-state index in [4.69, 9.17) is 5.11 Å². The highest BCUT2D eigenvalue weighted by atomic mass is 32.2. The Hall–Kier alpha value is -2.65. The Balaban J connectivity index is 1.70. The standard InChI is InChI=1S/C18H21N3O5S/c1-13-3-8-16(19(13)2)17(22)20-9-11-21(12-10-20)27(25,26)15-6-4-14(5-7-15)18(23)24/h3-8H,9-12H2,1-2H3,(H,23,24). The molecular weight excluding hydrogens is 370 g/mol. The molecule has 8 nitrogen and oxygen atoms in total. The van der Waals surface area contributed by atoms with Crippen molar-refractivity contribution < 1.29 is 23.1 Å². The summed E-state index contributed by atoms with van der Waals surface area (Å²) in [5, 5.41) is 8.92. The first-order valence-electron chi connectivity index (χ1n) is 8.47. The minimum absolute atomic E-state index is 0.0298. The van der Waals surface area contributed by atoms with Crippen molar-refractivity contribution in [2.24, 2.45) is 7.05 Å². The van der Waals surface area contributed by atoms with E-state index in [2.05, 4.69) is 0 Å². The molecule has 0 spiro atoms. The summed E-state index contributed by atoms with van der Waals surface area (Å²) in [5.41, 5.74) is 1.58. The summed E-state index contributed by atoms with van der Waals surface area (Å²) in [6.45, 7) is 2.90. The van der Waals surface area contributed by atoms with E-state index >= 15 is 0 Å². The molecule has 2 heterocycles. The van der Waals surface area contributed by atoms with Gasteiger partial charge in [0.25, 0.3) is 5.91 Å². The maximum Gasteiger partial charge on any atom is 0.335 e. The molecule has 1 saturated heterocycles. The molecule has 1 aromatic carbocycles. The van der Waals surface area contributed by atoms with Crippen LogP contribution in [0.25, 0.3) is 0 Å². The van der Waals surface area contributed by atoms with Gasteiger partial charge in [-0.05, 0) is 43.3 Å². The maximum atomic E-state index is 12.7. The van der Waals surface area contributed by atoms with Gasteiger partial charge in [0.1, 0.15) is 5.69 Å². The van der Waals surface area contributed by atoms with Crippen molar-refractivity contribution in [2.45, 2.75) is 11.8 Å². The fourth-order valence-electron chi connectivity index (χ4n) is 3.04. The Labute approximate surface area is 157 Å². The minimum Gasteiger partial charge on any atom is -0.478 e. The molecule has 1 N–H and O–H groups in total. The number of amides is 1. The molecule has 0 saturated carbocycles. The molecule has 0 unspecified atom stereocenters. The van der Waals surface area contributed by atoms with Crippen LogP contribution in [-0.4, -0.2) is 65.4 Å². The average molecular weight is 391 g/mol. The van der Waals surface area contributed by atoms with E-state index in [-0.39, 0.29) is 29.5 Å². The van der Waals surface area contributed by atoms with Crippen LogP contribution in [0.3, 0.4) is 0 Å². The van der Waals surface area contributed by atoms with Crippen LogP contribution in [0, 0.1) is 6.92 Å². The molecule has 0 radical (unpaired) electrons. The van der Waals surface area contributed by atoms with Crippen molar-refractivity contribution >= 4 is 21.9 Å². The molecule has 1 amide bonds. The van der Waals surface area contributed by atoms with Gasteiger partial charge >= 0.3 is 5.97 Å². The van der Waals surface area contributed by atoms with Gasteiger partial charge in [-0.2, -0.15) is 4.31 Å². The third kappa shape index (κ3) is 3.60. The largest absolute Gasteiger partial charge is 0.478 e. The normalized spacial score (nSPS) is 15.7. The lowest BCUT2D eigenvalue weighted by Gasteiger charge is -2.34. The number of carboxylic acids is 1. The molecule has 0 atom stereocenters. The number of carboxylic acid groups (broad SMARTS) is 1. The Kier molecular flexibility index (Phi) is 5.07. The number of sulfonamides is 1. The summed E-state index contributed by atoms with van der Waals surface area (Å²) in [5.74, 6) is -1.23. The summed E-state index contributed by atoms with van der Waals surface area (Å²) < 4.78 is 28.6. The summed E-state index contributed by atoms with van der Waals surface area (Å²) >= 11 is 0. The monoisotopic (exact) mass is 391 g/mol. The highest BCUT2D eigenvalue weighted by molar-refractivity contribution is 7.89. The second-order valence-electron chi connectivity index (χ2n) is 6.44. The first-order chi connectivity index (χ1) is 12.7. The molecule has 1 aliphatic rings. The third-order valence-corrected chi connectivity index (χ3v) is 6.77. The number of piperazine rings is 1. The van der Waals surface area contributed by atoms with E-state index in [0.717, 1.165) is 5.69 Å². The van der Waals surface area contributed by atoms with E-state index in [0.29, 0.717) is 18.8 Å². The SMILES string of the molecule is Cc1ccc(C(=O)N2CCN(S(=O)(=O)c3ccc(C(=O)O)cc3)CC2)n1C. The topological polar surface area (TPSA) is 99.9 Å². The predicted octanol–water partition coefficient (Wildman–Crippen LogP) is 1.18. The smallest absolute Gasteiger partial charge is 0.335 e. The number of aromatic nitrogens is 1. The van der Waals surface area contributed by atoms with Crippen molar-refractivity contribution in [3.8, 4) is 0 Å². The van der Waals surface area contributed by atoms with Crippen LogP contribution in [0.15, 0.2) is 41.3 Å². The quantitative estimate of drug-likeness (QED) is 0.844. The number of benzene rings is 1. The van der Waals surface area contributed by atoms with Crippen molar-refractivity contribution in [1.29, 1.82) is 0 Å². The zero-order chi connectivity index (χ0) is 19.8. The first kappa shape index (κ1) is 19.1. The molecule has 27 heavy (non-hydrogen) atoms. The lowest BCUT2D eigenvalue weighted by Crippen LogP contribution is -2.50. The van der Waals surface area contributed by atoms with Crippen molar-refractivity contribution in [2.75, 3.05) is 26.2 Å². The van der Waals surface area contributed by atoms with E-state index in [1.165, 1.54) is 28.6 Å². The molecular formula is C18H21N3O5S. The maximum absolute atomic E-state index is 12.7. The lowest BCUT2D eigenvalue weighted by atomic mass is 10.2. The van der Waals surface area contributed by atoms with Crippen molar-refractivity contribution in [1.82, 2.24) is 13.8 Å². The second kappa shape index (κ2) is 7.16. The lowest BCUT2D eigenvalue weighted by molar-refractivity contribution is 0.0683. The van der Waals surface area contributed by atoms with Gasteiger partial charge in [0, 0.05) is 38.9 Å². The minimum atomic E-state index is -3.73. The number of aryl methyl sites for hydroxylation is 1. The van der Waals surface area contributed by atoms with Gasteiger partial charge in [-0.25, -0.2) is 13.2 Å². The summed E-state index contributed by atoms with van der Waals surface area (Å²) in [6.07, 6.45) is 0. The molecule has 3 rings (SSSR count). The van der Waals surface area contributed by atoms with Gasteiger partial charge in [0.05, 0.1) is 10.5 Å². The first-order valence-corrected chi connectivity index (χ1v) is 9.91. The van der Waals surface area contributed by atoms with Crippen LogP contribution >= 0.6 is 0 Å². The van der Waals surface area contributed by atoms with Crippen LogP contribution in [0.5, 0.6) is 0 Å². The molecule has 0 bridgehead atoms. The summed E-state index contributed by atoms with van der Waals surface area (Å²) in [7, 11) is -1.90. The van der Waals surface area contributed by atoms with Gasteiger partial charge in [-0.1, -0.05) is 0 Å². The average Bonchev–Trinajstić information content (AvgIpc) is 3.00. The van der Waals surface area contributed by atoms with Crippen LogP contribution in [0.4, 0.5) is 0 Å². The van der Waals surface area contributed by atoms with Crippen LogP contribution in [-0.2, 0) is 17.1 Å². The number of nitrogens with zero attached hydrogens (tertiary/aromatic N) is 3. The van der Waals surface area contributed by atoms with Gasteiger partial charge in [0.2, 0.25) is 10.0 Å². The fraction of sp³-hybridized carbons (Fsp3) is 0.333. The predicted molar refractivity (Wildman–Crippen MR) is 98.2 cm³/mol. The number of hydrogen-bond donors (Lipinski definition) is 1. The van der Waals surface area contributed by atoms with Gasteiger partial charge in [-0.15, -0.1) is 0 Å². The fourth-order valence-corrected chi connectivity index (χ4v) is 4.46. The summed E-state index contributed by atoms with van der Waals surface area (Å²) in [4.78, 5) is 25.2. The number of hydrogen-bond acceptors (Lipinski definition) is 4. The molecule has 1 aromatic heterocycles. The Morgan fingerprint density at radius 1 is 0.963 bits per heavy atom. The molecule has 1 fully saturated rings. The molecule has 2 aromatic rings. The Morgan fingerprint density at radius 2 is 1.56 bits per heavy atom. The highest BCUT2D eigenvalue weighted by Gasteiger charge is 2.31.